The maximum atomic E-state index is 12.9. The van der Waals surface area contributed by atoms with Gasteiger partial charge in [0, 0.05) is 25.2 Å². The highest BCUT2D eigenvalue weighted by atomic mass is 32.2. The van der Waals surface area contributed by atoms with Crippen LogP contribution in [0.5, 0.6) is 0 Å². The summed E-state index contributed by atoms with van der Waals surface area (Å²) in [5.74, 6) is 1.16. The van der Waals surface area contributed by atoms with Gasteiger partial charge in [0.15, 0.2) is 0 Å². The Morgan fingerprint density at radius 3 is 2.33 bits per heavy atom. The molecule has 1 aromatic rings. The van der Waals surface area contributed by atoms with Crippen LogP contribution in [0.3, 0.4) is 0 Å². The molecule has 0 aromatic carbocycles. The fraction of sp³-hybridized carbons (Fsp3) is 0.733. The number of nitrogens with zero attached hydrogens (tertiary/aromatic N) is 1. The minimum absolute atomic E-state index is 0.346. The lowest BCUT2D eigenvalue weighted by Gasteiger charge is -2.20. The van der Waals surface area contributed by atoms with Gasteiger partial charge in [-0.05, 0) is 26.8 Å². The molecule has 1 N–H and O–H groups in total. The second-order valence-electron chi connectivity index (χ2n) is 5.15. The van der Waals surface area contributed by atoms with Crippen LogP contribution in [-0.4, -0.2) is 32.4 Å². The molecule has 0 saturated carbocycles. The zero-order valence-electron chi connectivity index (χ0n) is 13.8. The van der Waals surface area contributed by atoms with Crippen LogP contribution in [-0.2, 0) is 16.6 Å². The van der Waals surface area contributed by atoms with Crippen molar-refractivity contribution in [1.82, 2.24) is 9.62 Å². The number of nitrogens with one attached hydrogen (secondary N) is 1. The molecule has 0 unspecified atom stereocenters. The van der Waals surface area contributed by atoms with Gasteiger partial charge in [-0.15, -0.1) is 0 Å². The number of hydrogen-bond acceptors (Lipinski definition) is 4. The zero-order chi connectivity index (χ0) is 16.0. The second kappa shape index (κ2) is 7.96. The van der Waals surface area contributed by atoms with Crippen molar-refractivity contribution in [2.75, 3.05) is 19.6 Å². The van der Waals surface area contributed by atoms with Crippen molar-refractivity contribution in [3.8, 4) is 0 Å². The van der Waals surface area contributed by atoms with E-state index >= 15 is 0 Å². The van der Waals surface area contributed by atoms with Gasteiger partial charge < -0.3 is 9.73 Å². The average Bonchev–Trinajstić information content (AvgIpc) is 2.71. The van der Waals surface area contributed by atoms with Gasteiger partial charge in [0.1, 0.15) is 16.4 Å². The Balaban J connectivity index is 3.22. The van der Waals surface area contributed by atoms with Gasteiger partial charge in [-0.3, -0.25) is 0 Å². The lowest BCUT2D eigenvalue weighted by atomic mass is 10.2. The minimum Gasteiger partial charge on any atom is -0.465 e. The van der Waals surface area contributed by atoms with Crippen LogP contribution in [0, 0.1) is 13.8 Å². The Bertz CT molecular complexity index is 550. The van der Waals surface area contributed by atoms with Crippen LogP contribution < -0.4 is 5.32 Å². The van der Waals surface area contributed by atoms with Crippen molar-refractivity contribution < 1.29 is 12.8 Å². The lowest BCUT2D eigenvalue weighted by molar-refractivity contribution is 0.416. The van der Waals surface area contributed by atoms with Crippen molar-refractivity contribution in [3.05, 3.63) is 17.1 Å². The van der Waals surface area contributed by atoms with Gasteiger partial charge in [-0.1, -0.05) is 27.2 Å². The summed E-state index contributed by atoms with van der Waals surface area (Å²) < 4.78 is 33.0. The molecule has 0 radical (unpaired) electrons. The van der Waals surface area contributed by atoms with E-state index in [0.717, 1.165) is 24.9 Å². The zero-order valence-corrected chi connectivity index (χ0v) is 14.6. The monoisotopic (exact) mass is 316 g/mol. The number of rotatable bonds is 9. The molecule has 0 aliphatic rings. The number of sulfonamides is 1. The molecule has 0 atom stereocenters. The molecule has 0 saturated heterocycles. The maximum Gasteiger partial charge on any atom is 0.246 e. The van der Waals surface area contributed by atoms with Crippen molar-refractivity contribution in [3.63, 3.8) is 0 Å². The number of unbranched alkanes of at least 4 members (excludes halogenated alkanes) is 1. The second-order valence-corrected chi connectivity index (χ2v) is 7.03. The summed E-state index contributed by atoms with van der Waals surface area (Å²) in [4.78, 5) is 0.346. The smallest absolute Gasteiger partial charge is 0.246 e. The van der Waals surface area contributed by atoms with E-state index in [2.05, 4.69) is 12.2 Å². The van der Waals surface area contributed by atoms with E-state index in [0.29, 0.717) is 36.1 Å². The van der Waals surface area contributed by atoms with Gasteiger partial charge in [-0.2, -0.15) is 4.31 Å². The first-order valence-corrected chi connectivity index (χ1v) is 9.13. The average molecular weight is 316 g/mol. The molecule has 0 spiro atoms. The third kappa shape index (κ3) is 4.08. The van der Waals surface area contributed by atoms with E-state index in [9.17, 15) is 8.42 Å². The third-order valence-electron chi connectivity index (χ3n) is 3.59. The lowest BCUT2D eigenvalue weighted by Crippen LogP contribution is -2.33. The van der Waals surface area contributed by atoms with Crippen molar-refractivity contribution in [2.45, 2.75) is 58.9 Å². The molecule has 1 heterocycles. The molecular formula is C15H28N2O3S. The quantitative estimate of drug-likeness (QED) is 0.761. The molecule has 21 heavy (non-hydrogen) atoms. The minimum atomic E-state index is -3.49. The van der Waals surface area contributed by atoms with Gasteiger partial charge >= 0.3 is 0 Å². The molecule has 0 amide bonds. The third-order valence-corrected chi connectivity index (χ3v) is 5.76. The van der Waals surface area contributed by atoms with Crippen LogP contribution in [0.15, 0.2) is 9.31 Å². The van der Waals surface area contributed by atoms with Gasteiger partial charge in [0.25, 0.3) is 0 Å². The first-order valence-electron chi connectivity index (χ1n) is 7.69. The van der Waals surface area contributed by atoms with Gasteiger partial charge in [0.2, 0.25) is 10.0 Å². The summed E-state index contributed by atoms with van der Waals surface area (Å²) in [5, 5.41) is 3.19. The highest BCUT2D eigenvalue weighted by Crippen LogP contribution is 2.29. The first kappa shape index (κ1) is 18.2. The van der Waals surface area contributed by atoms with E-state index < -0.39 is 10.0 Å². The predicted octanol–water partition coefficient (Wildman–Crippen LogP) is 2.82. The van der Waals surface area contributed by atoms with Crippen LogP contribution in [0.4, 0.5) is 0 Å². The topological polar surface area (TPSA) is 62.6 Å². The fourth-order valence-corrected chi connectivity index (χ4v) is 4.31. The standard InChI is InChI=1S/C15H28N2O3S/c1-6-9-10-17(8-3)21(18,19)15-13(5)20-12(4)14(15)11-16-7-2/h16H,6-11H2,1-5H3. The Kier molecular flexibility index (Phi) is 6.90. The molecule has 5 nitrogen and oxygen atoms in total. The summed E-state index contributed by atoms with van der Waals surface area (Å²) in [7, 11) is -3.49. The summed E-state index contributed by atoms with van der Waals surface area (Å²) in [6.45, 7) is 11.8. The number of hydrogen-bond donors (Lipinski definition) is 1. The van der Waals surface area contributed by atoms with E-state index in [1.54, 1.807) is 11.2 Å². The van der Waals surface area contributed by atoms with Crippen molar-refractivity contribution in [1.29, 1.82) is 0 Å². The molecular weight excluding hydrogens is 288 g/mol. The molecule has 6 heteroatoms. The molecule has 0 bridgehead atoms. The number of aryl methyl sites for hydroxylation is 2. The summed E-state index contributed by atoms with van der Waals surface area (Å²) >= 11 is 0. The predicted molar refractivity (Wildman–Crippen MR) is 84.9 cm³/mol. The maximum absolute atomic E-state index is 12.9. The summed E-state index contributed by atoms with van der Waals surface area (Å²) in [6.07, 6.45) is 1.84. The fourth-order valence-electron chi connectivity index (χ4n) is 2.41. The van der Waals surface area contributed by atoms with Crippen molar-refractivity contribution in [2.24, 2.45) is 0 Å². The highest BCUT2D eigenvalue weighted by Gasteiger charge is 2.31. The van der Waals surface area contributed by atoms with E-state index in [-0.39, 0.29) is 0 Å². The Morgan fingerprint density at radius 2 is 1.81 bits per heavy atom. The SMILES string of the molecule is CCCCN(CC)S(=O)(=O)c1c(C)oc(C)c1CNCC. The van der Waals surface area contributed by atoms with Crippen LogP contribution in [0.25, 0.3) is 0 Å². The highest BCUT2D eigenvalue weighted by molar-refractivity contribution is 7.89. The van der Waals surface area contributed by atoms with E-state index in [1.165, 1.54) is 0 Å². The summed E-state index contributed by atoms with van der Waals surface area (Å²) in [5.41, 5.74) is 0.754. The van der Waals surface area contributed by atoms with Crippen LogP contribution >= 0.6 is 0 Å². The van der Waals surface area contributed by atoms with E-state index in [4.69, 9.17) is 4.42 Å². The number of furan rings is 1. The van der Waals surface area contributed by atoms with Crippen molar-refractivity contribution >= 4 is 10.0 Å². The summed E-state index contributed by atoms with van der Waals surface area (Å²) in [6, 6.07) is 0. The molecule has 1 rings (SSSR count). The first-order chi connectivity index (χ1) is 9.89. The molecule has 0 aliphatic heterocycles. The molecule has 0 aliphatic carbocycles. The molecule has 0 fully saturated rings. The molecule has 1 aromatic heterocycles. The van der Waals surface area contributed by atoms with Crippen LogP contribution in [0.2, 0.25) is 0 Å². The van der Waals surface area contributed by atoms with Crippen LogP contribution in [0.1, 0.15) is 50.7 Å². The van der Waals surface area contributed by atoms with Gasteiger partial charge in [-0.25, -0.2) is 8.42 Å². The Labute approximate surface area is 128 Å². The van der Waals surface area contributed by atoms with E-state index in [1.807, 2.05) is 20.8 Å². The Hall–Kier alpha value is -0.850. The Morgan fingerprint density at radius 1 is 1.14 bits per heavy atom. The normalized spacial score (nSPS) is 12.3. The van der Waals surface area contributed by atoms with Gasteiger partial charge in [0.05, 0.1) is 0 Å². The molecule has 122 valence electrons. The largest absolute Gasteiger partial charge is 0.465 e.